The number of ketones is 1. The van der Waals surface area contributed by atoms with E-state index < -0.39 is 15.4 Å². The number of ether oxygens (including phenoxy) is 1. The first-order chi connectivity index (χ1) is 9.16. The molecular weight excluding hydrogens is 276 g/mol. The van der Waals surface area contributed by atoms with E-state index in [4.69, 9.17) is 4.74 Å². The highest BCUT2D eigenvalue weighted by molar-refractivity contribution is 7.90. The van der Waals surface area contributed by atoms with E-state index in [9.17, 15) is 13.2 Å². The molecule has 0 fully saturated rings. The fourth-order valence-corrected chi connectivity index (χ4v) is 2.87. The minimum absolute atomic E-state index is 0.0119. The summed E-state index contributed by atoms with van der Waals surface area (Å²) in [5, 5.41) is 0. The highest BCUT2D eigenvalue weighted by Crippen LogP contribution is 2.37. The first-order valence-electron chi connectivity index (χ1n) is 6.44. The third-order valence-electron chi connectivity index (χ3n) is 3.35. The van der Waals surface area contributed by atoms with Crippen LogP contribution in [0.3, 0.4) is 0 Å². The maximum atomic E-state index is 12.2. The van der Waals surface area contributed by atoms with Crippen LogP contribution in [0.25, 0.3) is 5.76 Å². The molecule has 1 heterocycles. The third kappa shape index (κ3) is 2.50. The van der Waals surface area contributed by atoms with Crippen molar-refractivity contribution in [3.05, 3.63) is 35.4 Å². The van der Waals surface area contributed by atoms with Gasteiger partial charge in [0.05, 0.1) is 4.90 Å². The van der Waals surface area contributed by atoms with E-state index in [1.807, 2.05) is 6.92 Å². The van der Waals surface area contributed by atoms with Gasteiger partial charge < -0.3 is 4.74 Å². The average Bonchev–Trinajstić information content (AvgIpc) is 2.59. The van der Waals surface area contributed by atoms with Crippen LogP contribution in [-0.2, 0) is 19.4 Å². The standard InChI is InChI=1S/C15H18O4S/c1-5-12-13(19-15(2,3)14(12)16)10-6-8-11(9-7-10)20(4,17)18/h6-9H,5H2,1-4H3. The topological polar surface area (TPSA) is 60.4 Å². The largest absolute Gasteiger partial charge is 0.479 e. The Morgan fingerprint density at radius 2 is 1.70 bits per heavy atom. The van der Waals surface area contributed by atoms with Crippen molar-refractivity contribution in [2.75, 3.05) is 6.26 Å². The van der Waals surface area contributed by atoms with Gasteiger partial charge in [-0.15, -0.1) is 0 Å². The molecule has 20 heavy (non-hydrogen) atoms. The molecule has 0 saturated carbocycles. The van der Waals surface area contributed by atoms with Crippen LogP contribution < -0.4 is 0 Å². The van der Waals surface area contributed by atoms with Crippen molar-refractivity contribution in [3.8, 4) is 0 Å². The molecular formula is C15H18O4S. The van der Waals surface area contributed by atoms with Crippen molar-refractivity contribution in [1.82, 2.24) is 0 Å². The molecule has 0 radical (unpaired) electrons. The molecule has 0 unspecified atom stereocenters. The second-order valence-corrected chi connectivity index (χ2v) is 7.42. The van der Waals surface area contributed by atoms with Crippen LogP contribution in [0.5, 0.6) is 0 Å². The summed E-state index contributed by atoms with van der Waals surface area (Å²) in [6, 6.07) is 6.42. The van der Waals surface area contributed by atoms with Crippen molar-refractivity contribution in [2.24, 2.45) is 0 Å². The summed E-state index contributed by atoms with van der Waals surface area (Å²) >= 11 is 0. The first-order valence-corrected chi connectivity index (χ1v) is 8.33. The minimum atomic E-state index is -3.22. The molecule has 0 saturated heterocycles. The maximum absolute atomic E-state index is 12.2. The van der Waals surface area contributed by atoms with Crippen molar-refractivity contribution in [1.29, 1.82) is 0 Å². The van der Waals surface area contributed by atoms with Crippen LogP contribution >= 0.6 is 0 Å². The number of carbonyl (C=O) groups excluding carboxylic acids is 1. The molecule has 0 spiro atoms. The second kappa shape index (κ2) is 4.74. The van der Waals surface area contributed by atoms with Gasteiger partial charge in [-0.05, 0) is 44.5 Å². The van der Waals surface area contributed by atoms with E-state index >= 15 is 0 Å². The lowest BCUT2D eigenvalue weighted by atomic mass is 9.96. The highest BCUT2D eigenvalue weighted by atomic mass is 32.2. The third-order valence-corrected chi connectivity index (χ3v) is 4.48. The predicted molar refractivity (Wildman–Crippen MR) is 76.9 cm³/mol. The molecule has 4 nitrogen and oxygen atoms in total. The Labute approximate surface area is 119 Å². The molecule has 5 heteroatoms. The zero-order valence-electron chi connectivity index (χ0n) is 12.1. The van der Waals surface area contributed by atoms with Gasteiger partial charge >= 0.3 is 0 Å². The molecule has 0 bridgehead atoms. The Morgan fingerprint density at radius 3 is 2.15 bits per heavy atom. The lowest BCUT2D eigenvalue weighted by Crippen LogP contribution is -2.29. The number of benzene rings is 1. The molecule has 1 aromatic carbocycles. The van der Waals surface area contributed by atoms with Gasteiger partial charge in [-0.3, -0.25) is 4.79 Å². The second-order valence-electron chi connectivity index (χ2n) is 5.40. The number of hydrogen-bond acceptors (Lipinski definition) is 4. The summed E-state index contributed by atoms with van der Waals surface area (Å²) < 4.78 is 28.6. The molecule has 0 amide bonds. The van der Waals surface area contributed by atoms with E-state index in [0.717, 1.165) is 11.8 Å². The molecule has 0 atom stereocenters. The smallest absolute Gasteiger partial charge is 0.205 e. The number of carbonyl (C=O) groups is 1. The van der Waals surface area contributed by atoms with E-state index in [0.29, 0.717) is 17.8 Å². The summed E-state index contributed by atoms with van der Waals surface area (Å²) in [5.74, 6) is 0.546. The molecule has 0 aromatic heterocycles. The Bertz CT molecular complexity index is 679. The monoisotopic (exact) mass is 294 g/mol. The number of hydrogen-bond donors (Lipinski definition) is 0. The first kappa shape index (κ1) is 14.8. The Kier molecular flexibility index (Phi) is 3.50. The Hall–Kier alpha value is -1.62. The highest BCUT2D eigenvalue weighted by Gasteiger charge is 2.41. The van der Waals surface area contributed by atoms with Crippen LogP contribution in [-0.4, -0.2) is 26.1 Å². The van der Waals surface area contributed by atoms with Gasteiger partial charge in [0.25, 0.3) is 0 Å². The lowest BCUT2D eigenvalue weighted by molar-refractivity contribution is -0.126. The van der Waals surface area contributed by atoms with Gasteiger partial charge in [0.2, 0.25) is 5.78 Å². The minimum Gasteiger partial charge on any atom is -0.479 e. The van der Waals surface area contributed by atoms with E-state index in [2.05, 4.69) is 0 Å². The average molecular weight is 294 g/mol. The fraction of sp³-hybridized carbons (Fsp3) is 0.400. The van der Waals surface area contributed by atoms with E-state index in [1.165, 1.54) is 12.1 Å². The number of sulfone groups is 1. The van der Waals surface area contributed by atoms with E-state index in [1.54, 1.807) is 26.0 Å². The summed E-state index contributed by atoms with van der Waals surface area (Å²) in [6.45, 7) is 5.38. The van der Waals surface area contributed by atoms with Crippen LogP contribution in [0, 0.1) is 0 Å². The van der Waals surface area contributed by atoms with Crippen molar-refractivity contribution in [2.45, 2.75) is 37.7 Å². The van der Waals surface area contributed by atoms with Crippen LogP contribution in [0.2, 0.25) is 0 Å². The Balaban J connectivity index is 2.47. The predicted octanol–water partition coefficient (Wildman–Crippen LogP) is 2.59. The van der Waals surface area contributed by atoms with Crippen LogP contribution in [0.15, 0.2) is 34.7 Å². The zero-order chi connectivity index (χ0) is 15.1. The van der Waals surface area contributed by atoms with Gasteiger partial charge in [0, 0.05) is 17.4 Å². The van der Waals surface area contributed by atoms with Crippen LogP contribution in [0.4, 0.5) is 0 Å². The summed E-state index contributed by atoms with van der Waals surface area (Å²) in [4.78, 5) is 12.4. The quantitative estimate of drug-likeness (QED) is 0.859. The zero-order valence-corrected chi connectivity index (χ0v) is 12.9. The van der Waals surface area contributed by atoms with Gasteiger partial charge in [-0.1, -0.05) is 6.92 Å². The Morgan fingerprint density at radius 1 is 1.15 bits per heavy atom. The van der Waals surface area contributed by atoms with Gasteiger partial charge in [-0.2, -0.15) is 0 Å². The van der Waals surface area contributed by atoms with Gasteiger partial charge in [0.15, 0.2) is 15.4 Å². The van der Waals surface area contributed by atoms with Crippen molar-refractivity contribution >= 4 is 21.4 Å². The molecule has 0 aliphatic carbocycles. The molecule has 1 aliphatic heterocycles. The van der Waals surface area contributed by atoms with Crippen molar-refractivity contribution < 1.29 is 17.9 Å². The van der Waals surface area contributed by atoms with Gasteiger partial charge in [0.1, 0.15) is 5.76 Å². The number of rotatable bonds is 3. The molecule has 108 valence electrons. The molecule has 1 aliphatic rings. The fourth-order valence-electron chi connectivity index (χ4n) is 2.24. The normalized spacial score (nSPS) is 18.3. The van der Waals surface area contributed by atoms with Crippen molar-refractivity contribution in [3.63, 3.8) is 0 Å². The molecule has 2 rings (SSSR count). The SMILES string of the molecule is CCC1=C(c2ccc(S(C)(=O)=O)cc2)OC(C)(C)C1=O. The number of Topliss-reactive ketones (excluding diaryl/α,β-unsaturated/α-hetero) is 1. The lowest BCUT2D eigenvalue weighted by Gasteiger charge is -2.18. The summed E-state index contributed by atoms with van der Waals surface area (Å²) in [7, 11) is -3.22. The summed E-state index contributed by atoms with van der Waals surface area (Å²) in [5.41, 5.74) is 0.534. The maximum Gasteiger partial charge on any atom is 0.205 e. The van der Waals surface area contributed by atoms with Gasteiger partial charge in [-0.25, -0.2) is 8.42 Å². The summed E-state index contributed by atoms with van der Waals surface area (Å²) in [6.07, 6.45) is 1.75. The van der Waals surface area contributed by atoms with E-state index in [-0.39, 0.29) is 10.7 Å². The van der Waals surface area contributed by atoms with Crippen LogP contribution in [0.1, 0.15) is 32.8 Å². The molecule has 0 N–H and O–H groups in total. The molecule has 1 aromatic rings.